The van der Waals surface area contributed by atoms with E-state index in [1.165, 1.54) is 4.90 Å². The summed E-state index contributed by atoms with van der Waals surface area (Å²) < 4.78 is 5.34. The molecule has 2 unspecified atom stereocenters. The van der Waals surface area contributed by atoms with Crippen LogP contribution in [0.15, 0.2) is 24.3 Å². The summed E-state index contributed by atoms with van der Waals surface area (Å²) in [5, 5.41) is 15.3. The monoisotopic (exact) mass is 481 g/mol. The number of aryl methyl sites for hydroxylation is 1. The average Bonchev–Trinajstić information content (AvgIpc) is 2.68. The third-order valence-electron chi connectivity index (χ3n) is 4.57. The highest BCUT2D eigenvalue weighted by molar-refractivity contribution is 7.98. The van der Waals surface area contributed by atoms with Crippen LogP contribution < -0.4 is 10.6 Å². The molecule has 0 aliphatic rings. The lowest BCUT2D eigenvalue weighted by molar-refractivity contribution is -0.143. The molecule has 1 aromatic rings. The van der Waals surface area contributed by atoms with Gasteiger partial charge < -0.3 is 25.4 Å². The molecule has 0 heterocycles. The molecule has 0 aromatic heterocycles. The summed E-state index contributed by atoms with van der Waals surface area (Å²) in [7, 11) is 0. The fourth-order valence-electron chi connectivity index (χ4n) is 3.29. The number of aliphatic hydroxyl groups is 1. The maximum absolute atomic E-state index is 13.7. The number of carbonyl (C=O) groups is 3. The highest BCUT2D eigenvalue weighted by Gasteiger charge is 2.36. The van der Waals surface area contributed by atoms with E-state index in [-0.39, 0.29) is 25.1 Å². The number of alkyl carbamates (subject to hydrolysis) is 1. The van der Waals surface area contributed by atoms with Crippen LogP contribution in [0.3, 0.4) is 0 Å². The van der Waals surface area contributed by atoms with Gasteiger partial charge in [0.15, 0.2) is 0 Å². The largest absolute Gasteiger partial charge is 0.444 e. The van der Waals surface area contributed by atoms with Gasteiger partial charge in [-0.25, -0.2) is 4.79 Å². The summed E-state index contributed by atoms with van der Waals surface area (Å²) >= 11 is 1.54. The van der Waals surface area contributed by atoms with Crippen LogP contribution in [0.5, 0.6) is 0 Å². The van der Waals surface area contributed by atoms with Gasteiger partial charge in [-0.2, -0.15) is 11.8 Å². The number of benzene rings is 1. The van der Waals surface area contributed by atoms with E-state index in [9.17, 15) is 19.5 Å². The van der Waals surface area contributed by atoms with E-state index in [1.807, 2.05) is 45.2 Å². The highest BCUT2D eigenvalue weighted by Crippen LogP contribution is 2.24. The van der Waals surface area contributed by atoms with E-state index < -0.39 is 29.7 Å². The van der Waals surface area contributed by atoms with Crippen molar-refractivity contribution in [2.75, 3.05) is 25.2 Å². The molecule has 3 N–H and O–H groups in total. The molecule has 0 saturated heterocycles. The number of hydrogen-bond acceptors (Lipinski definition) is 6. The Morgan fingerprint density at radius 3 is 2.36 bits per heavy atom. The van der Waals surface area contributed by atoms with Crippen molar-refractivity contribution in [2.45, 2.75) is 71.7 Å². The van der Waals surface area contributed by atoms with Gasteiger partial charge in [0.2, 0.25) is 11.8 Å². The Morgan fingerprint density at radius 1 is 1.18 bits per heavy atom. The topological polar surface area (TPSA) is 108 Å². The lowest BCUT2D eigenvalue weighted by Crippen LogP contribution is -2.54. The Bertz CT molecular complexity index is 795. The molecule has 0 radical (unpaired) electrons. The molecule has 0 fully saturated rings. The zero-order valence-electron chi connectivity index (χ0n) is 20.8. The second-order valence-corrected chi connectivity index (χ2v) is 10.2. The number of hydrogen-bond donors (Lipinski definition) is 3. The van der Waals surface area contributed by atoms with Crippen LogP contribution in [0, 0.1) is 6.92 Å². The van der Waals surface area contributed by atoms with Crippen LogP contribution in [-0.4, -0.2) is 70.8 Å². The number of ether oxygens (including phenoxy) is 1. The molecule has 3 amide bonds. The zero-order valence-corrected chi connectivity index (χ0v) is 21.6. The molecular formula is C24H39N3O5S. The van der Waals surface area contributed by atoms with Crippen molar-refractivity contribution in [3.63, 3.8) is 0 Å². The molecule has 0 saturated carbocycles. The Balaban J connectivity index is 3.37. The molecule has 8 nitrogen and oxygen atoms in total. The van der Waals surface area contributed by atoms with E-state index in [0.717, 1.165) is 5.56 Å². The van der Waals surface area contributed by atoms with Gasteiger partial charge >= 0.3 is 6.09 Å². The fraction of sp³-hybridized carbons (Fsp3) is 0.625. The number of amides is 3. The summed E-state index contributed by atoms with van der Waals surface area (Å²) in [4.78, 5) is 40.7. The van der Waals surface area contributed by atoms with Gasteiger partial charge in [-0.15, -0.1) is 0 Å². The lowest BCUT2D eigenvalue weighted by Gasteiger charge is -2.34. The molecule has 0 aliphatic heterocycles. The normalized spacial score (nSPS) is 13.2. The van der Waals surface area contributed by atoms with Crippen LogP contribution in [0.1, 0.15) is 58.2 Å². The molecule has 186 valence electrons. The van der Waals surface area contributed by atoms with Crippen molar-refractivity contribution in [1.29, 1.82) is 0 Å². The number of thioether (sulfide) groups is 1. The Kier molecular flexibility index (Phi) is 11.7. The van der Waals surface area contributed by atoms with Crippen LogP contribution in [-0.2, 0) is 14.3 Å². The van der Waals surface area contributed by atoms with Crippen LogP contribution in [0.25, 0.3) is 0 Å². The lowest BCUT2D eigenvalue weighted by atomic mass is 10.00. The minimum absolute atomic E-state index is 0.0608. The third kappa shape index (κ3) is 10.0. The molecular weight excluding hydrogens is 442 g/mol. The summed E-state index contributed by atoms with van der Waals surface area (Å²) in [6.45, 7) is 10.4. The number of nitrogens with zero attached hydrogens (tertiary/aromatic N) is 1. The minimum atomic E-state index is -0.954. The average molecular weight is 482 g/mol. The first kappa shape index (κ1) is 28.8. The SMILES string of the molecule is CSCCC(NC(=O)OC(C)(C)C)C(=O)N(CCO)C(C(=O)NC(C)C)c1cccc(C)c1. The highest BCUT2D eigenvalue weighted by atomic mass is 32.2. The summed E-state index contributed by atoms with van der Waals surface area (Å²) in [6, 6.07) is 5.37. The molecule has 9 heteroatoms. The molecule has 0 aliphatic carbocycles. The van der Waals surface area contributed by atoms with Gasteiger partial charge in [-0.05, 0) is 65.5 Å². The van der Waals surface area contributed by atoms with E-state index in [2.05, 4.69) is 10.6 Å². The molecule has 2 atom stereocenters. The molecule has 1 rings (SSSR count). The smallest absolute Gasteiger partial charge is 0.408 e. The number of carbonyl (C=O) groups excluding carboxylic acids is 3. The third-order valence-corrected chi connectivity index (χ3v) is 5.22. The number of nitrogens with one attached hydrogen (secondary N) is 2. The summed E-state index contributed by atoms with van der Waals surface area (Å²) in [5.74, 6) is -0.181. The van der Waals surface area contributed by atoms with Crippen molar-refractivity contribution in [1.82, 2.24) is 15.5 Å². The second-order valence-electron chi connectivity index (χ2n) is 9.22. The number of aliphatic hydroxyl groups excluding tert-OH is 1. The summed E-state index contributed by atoms with van der Waals surface area (Å²) in [5.41, 5.74) is 0.858. The molecule has 33 heavy (non-hydrogen) atoms. The fourth-order valence-corrected chi connectivity index (χ4v) is 3.77. The van der Waals surface area contributed by atoms with Crippen molar-refractivity contribution in [3.05, 3.63) is 35.4 Å². The van der Waals surface area contributed by atoms with Gasteiger partial charge in [0.1, 0.15) is 17.7 Å². The van der Waals surface area contributed by atoms with Crippen molar-refractivity contribution < 1.29 is 24.2 Å². The zero-order chi connectivity index (χ0) is 25.2. The van der Waals surface area contributed by atoms with Crippen LogP contribution in [0.2, 0.25) is 0 Å². The minimum Gasteiger partial charge on any atom is -0.444 e. The maximum atomic E-state index is 13.7. The quantitative estimate of drug-likeness (QED) is 0.448. The van der Waals surface area contributed by atoms with E-state index >= 15 is 0 Å². The Labute approximate surface area is 201 Å². The van der Waals surface area contributed by atoms with Crippen LogP contribution in [0.4, 0.5) is 4.79 Å². The second kappa shape index (κ2) is 13.4. The first-order valence-corrected chi connectivity index (χ1v) is 12.6. The van der Waals surface area contributed by atoms with Gasteiger partial charge in [0, 0.05) is 12.6 Å². The van der Waals surface area contributed by atoms with Gasteiger partial charge in [-0.3, -0.25) is 9.59 Å². The van der Waals surface area contributed by atoms with Gasteiger partial charge in [0.25, 0.3) is 0 Å². The summed E-state index contributed by atoms with van der Waals surface area (Å²) in [6.07, 6.45) is 1.56. The van der Waals surface area contributed by atoms with Crippen LogP contribution >= 0.6 is 11.8 Å². The number of rotatable bonds is 11. The predicted octanol–water partition coefficient (Wildman–Crippen LogP) is 3.03. The van der Waals surface area contributed by atoms with Crippen molar-refractivity contribution in [2.24, 2.45) is 0 Å². The van der Waals surface area contributed by atoms with Gasteiger partial charge in [0.05, 0.1) is 6.61 Å². The molecule has 0 bridgehead atoms. The maximum Gasteiger partial charge on any atom is 0.408 e. The Morgan fingerprint density at radius 2 is 1.85 bits per heavy atom. The Hall–Kier alpha value is -2.26. The van der Waals surface area contributed by atoms with Gasteiger partial charge in [-0.1, -0.05) is 29.8 Å². The van der Waals surface area contributed by atoms with Crippen molar-refractivity contribution in [3.8, 4) is 0 Å². The predicted molar refractivity (Wildman–Crippen MR) is 132 cm³/mol. The molecule has 1 aromatic carbocycles. The first-order valence-electron chi connectivity index (χ1n) is 11.2. The standard InChI is InChI=1S/C24H39N3O5S/c1-16(2)25-21(29)20(18-10-8-9-17(3)15-18)27(12-13-28)22(30)19(11-14-33-7)26-23(31)32-24(4,5)6/h8-10,15-16,19-20,28H,11-14H2,1-7H3,(H,25,29)(H,26,31). The van der Waals surface area contributed by atoms with E-state index in [0.29, 0.717) is 17.7 Å². The van der Waals surface area contributed by atoms with E-state index in [4.69, 9.17) is 4.74 Å². The van der Waals surface area contributed by atoms with Crippen molar-refractivity contribution >= 4 is 29.7 Å². The first-order chi connectivity index (χ1) is 15.4. The molecule has 0 spiro atoms. The van der Waals surface area contributed by atoms with E-state index in [1.54, 1.807) is 38.6 Å².